The summed E-state index contributed by atoms with van der Waals surface area (Å²) in [5.74, 6) is -0.411. The molecule has 3 aromatic carbocycles. The van der Waals surface area contributed by atoms with Crippen LogP contribution in [-0.2, 0) is 0 Å². The number of nitrogens with one attached hydrogen (secondary N) is 1. The van der Waals surface area contributed by atoms with Crippen molar-refractivity contribution in [1.82, 2.24) is 4.98 Å². The molecule has 1 amide bonds. The number of carbonyl (C=O) groups is 1. The summed E-state index contributed by atoms with van der Waals surface area (Å²) in [6.45, 7) is 0. The van der Waals surface area contributed by atoms with E-state index in [2.05, 4.69) is 5.32 Å². The lowest BCUT2D eigenvalue weighted by Crippen LogP contribution is -2.15. The van der Waals surface area contributed by atoms with Gasteiger partial charge in [0.15, 0.2) is 0 Å². The van der Waals surface area contributed by atoms with Crippen molar-refractivity contribution in [1.29, 1.82) is 0 Å². The topological polar surface area (TPSA) is 88.4 Å². The third kappa shape index (κ3) is 4.50. The molecule has 0 saturated carbocycles. The summed E-state index contributed by atoms with van der Waals surface area (Å²) in [5.41, 5.74) is 4.01. The summed E-state index contributed by atoms with van der Waals surface area (Å²) in [6.07, 6.45) is 0. The average molecular weight is 445 g/mol. The van der Waals surface area contributed by atoms with E-state index < -0.39 is 10.8 Å². The van der Waals surface area contributed by atoms with Crippen LogP contribution in [-0.4, -0.2) is 29.9 Å². The van der Waals surface area contributed by atoms with Gasteiger partial charge in [-0.05, 0) is 24.3 Å². The molecular formula is C24H20N4O3S. The van der Waals surface area contributed by atoms with Crippen molar-refractivity contribution in [2.24, 2.45) is 0 Å². The van der Waals surface area contributed by atoms with Gasteiger partial charge in [0.25, 0.3) is 11.6 Å². The fraction of sp³-hybridized carbons (Fsp3) is 0.0833. The van der Waals surface area contributed by atoms with Crippen molar-refractivity contribution in [3.63, 3.8) is 0 Å². The van der Waals surface area contributed by atoms with E-state index in [1.54, 1.807) is 54.6 Å². The van der Waals surface area contributed by atoms with E-state index in [1.165, 1.54) is 6.07 Å². The first-order valence-corrected chi connectivity index (χ1v) is 10.7. The molecule has 0 spiro atoms. The summed E-state index contributed by atoms with van der Waals surface area (Å²) in [4.78, 5) is 29.8. The molecule has 4 rings (SSSR count). The van der Waals surface area contributed by atoms with Gasteiger partial charge in [-0.2, -0.15) is 0 Å². The van der Waals surface area contributed by atoms with Gasteiger partial charge in [0.05, 0.1) is 10.6 Å². The van der Waals surface area contributed by atoms with Gasteiger partial charge in [-0.1, -0.05) is 42.5 Å². The zero-order valence-corrected chi connectivity index (χ0v) is 18.3. The molecule has 0 unspecified atom stereocenters. The molecule has 1 heterocycles. The Bertz CT molecular complexity index is 1270. The van der Waals surface area contributed by atoms with Crippen molar-refractivity contribution in [3.8, 4) is 21.8 Å². The maximum Gasteiger partial charge on any atom is 0.293 e. The minimum atomic E-state index is -0.488. The molecule has 0 aliphatic rings. The predicted molar refractivity (Wildman–Crippen MR) is 128 cm³/mol. The lowest BCUT2D eigenvalue weighted by atomic mass is 10.1. The molecule has 0 aliphatic carbocycles. The van der Waals surface area contributed by atoms with Gasteiger partial charge >= 0.3 is 0 Å². The van der Waals surface area contributed by atoms with Gasteiger partial charge in [0.1, 0.15) is 10.7 Å². The van der Waals surface area contributed by atoms with Crippen LogP contribution in [0.3, 0.4) is 0 Å². The molecule has 0 atom stereocenters. The van der Waals surface area contributed by atoms with E-state index in [9.17, 15) is 14.9 Å². The van der Waals surface area contributed by atoms with Crippen LogP contribution < -0.4 is 10.2 Å². The summed E-state index contributed by atoms with van der Waals surface area (Å²) in [7, 11) is 3.43. The van der Waals surface area contributed by atoms with Crippen LogP contribution in [0.1, 0.15) is 10.4 Å². The number of aromatic nitrogens is 1. The van der Waals surface area contributed by atoms with Gasteiger partial charge in [0.2, 0.25) is 0 Å². The minimum Gasteiger partial charge on any atom is -0.372 e. The molecule has 8 heteroatoms. The minimum absolute atomic E-state index is 0.115. The maximum absolute atomic E-state index is 12.6. The van der Waals surface area contributed by atoms with E-state index in [0.717, 1.165) is 21.8 Å². The monoisotopic (exact) mass is 444 g/mol. The molecule has 0 radical (unpaired) electrons. The van der Waals surface area contributed by atoms with Crippen molar-refractivity contribution < 1.29 is 9.72 Å². The second-order valence-corrected chi connectivity index (χ2v) is 8.15. The third-order valence-electron chi connectivity index (χ3n) is 4.88. The molecule has 1 aromatic heterocycles. The fourth-order valence-corrected chi connectivity index (χ4v) is 4.07. The highest BCUT2D eigenvalue weighted by atomic mass is 32.1. The maximum atomic E-state index is 12.6. The van der Waals surface area contributed by atoms with Gasteiger partial charge in [0, 0.05) is 47.9 Å². The summed E-state index contributed by atoms with van der Waals surface area (Å²) in [6, 6.07) is 21.8. The van der Waals surface area contributed by atoms with E-state index in [4.69, 9.17) is 4.98 Å². The van der Waals surface area contributed by atoms with E-state index >= 15 is 0 Å². The standard InChI is InChI=1S/C24H20N4O3S/c1-27(2)21-13-10-18(14-22(21)28(30)31)23(29)25-19-11-8-16(9-12-19)20-15-32-24(26-20)17-6-4-3-5-7-17/h3-15H,1-2H3,(H,25,29). The number of rotatable bonds is 6. The summed E-state index contributed by atoms with van der Waals surface area (Å²) >= 11 is 1.58. The van der Waals surface area contributed by atoms with E-state index in [1.807, 2.05) is 47.8 Å². The van der Waals surface area contributed by atoms with Crippen molar-refractivity contribution in [3.05, 3.63) is 93.9 Å². The van der Waals surface area contributed by atoms with Crippen molar-refractivity contribution in [2.45, 2.75) is 0 Å². The molecule has 0 fully saturated rings. The van der Waals surface area contributed by atoms with Crippen molar-refractivity contribution >= 4 is 34.3 Å². The Morgan fingerprint density at radius 2 is 1.72 bits per heavy atom. The largest absolute Gasteiger partial charge is 0.372 e. The van der Waals surface area contributed by atoms with Crippen LogP contribution in [0.2, 0.25) is 0 Å². The smallest absolute Gasteiger partial charge is 0.293 e. The van der Waals surface area contributed by atoms with Crippen LogP contribution in [0, 0.1) is 10.1 Å². The number of thiazole rings is 1. The second-order valence-electron chi connectivity index (χ2n) is 7.29. The molecule has 0 aliphatic heterocycles. The first kappa shape index (κ1) is 21.2. The molecule has 0 saturated heterocycles. The Labute approximate surface area is 189 Å². The number of hydrogen-bond acceptors (Lipinski definition) is 6. The number of carbonyl (C=O) groups excluding carboxylic acids is 1. The van der Waals surface area contributed by atoms with E-state index in [-0.39, 0.29) is 11.3 Å². The quantitative estimate of drug-likeness (QED) is 0.304. The highest BCUT2D eigenvalue weighted by Crippen LogP contribution is 2.30. The van der Waals surface area contributed by atoms with E-state index in [0.29, 0.717) is 11.4 Å². The number of nitro groups is 1. The lowest BCUT2D eigenvalue weighted by molar-refractivity contribution is -0.384. The SMILES string of the molecule is CN(C)c1ccc(C(=O)Nc2ccc(-c3csc(-c4ccccc4)n3)cc2)cc1[N+](=O)[O-]. The molecule has 4 aromatic rings. The Morgan fingerprint density at radius 3 is 2.38 bits per heavy atom. The van der Waals surface area contributed by atoms with Crippen LogP contribution in [0.4, 0.5) is 17.1 Å². The normalized spacial score (nSPS) is 10.6. The molecular weight excluding hydrogens is 424 g/mol. The van der Waals surface area contributed by atoms with Crippen LogP contribution in [0.15, 0.2) is 78.2 Å². The number of anilines is 2. The molecule has 160 valence electrons. The van der Waals surface area contributed by atoms with Gasteiger partial charge < -0.3 is 10.2 Å². The Balaban J connectivity index is 1.50. The Hall–Kier alpha value is -4.04. The zero-order chi connectivity index (χ0) is 22.7. The number of nitro benzene ring substituents is 1. The van der Waals surface area contributed by atoms with Gasteiger partial charge in [-0.3, -0.25) is 14.9 Å². The first-order valence-electron chi connectivity index (χ1n) is 9.81. The molecule has 32 heavy (non-hydrogen) atoms. The third-order valence-corrected chi connectivity index (χ3v) is 5.77. The Morgan fingerprint density at radius 1 is 1.00 bits per heavy atom. The van der Waals surface area contributed by atoms with Crippen LogP contribution in [0.25, 0.3) is 21.8 Å². The molecule has 0 bridgehead atoms. The highest BCUT2D eigenvalue weighted by Gasteiger charge is 2.19. The average Bonchev–Trinajstić information content (AvgIpc) is 3.30. The lowest BCUT2D eigenvalue weighted by Gasteiger charge is -2.13. The second kappa shape index (κ2) is 8.99. The summed E-state index contributed by atoms with van der Waals surface area (Å²) < 4.78 is 0. The van der Waals surface area contributed by atoms with Crippen LogP contribution in [0.5, 0.6) is 0 Å². The molecule has 1 N–H and O–H groups in total. The Kier molecular flexibility index (Phi) is 5.96. The first-order chi connectivity index (χ1) is 15.4. The van der Waals surface area contributed by atoms with Gasteiger partial charge in [-0.25, -0.2) is 4.98 Å². The number of benzene rings is 3. The van der Waals surface area contributed by atoms with Gasteiger partial charge in [-0.15, -0.1) is 11.3 Å². The van der Waals surface area contributed by atoms with Crippen molar-refractivity contribution in [2.75, 3.05) is 24.3 Å². The summed E-state index contributed by atoms with van der Waals surface area (Å²) in [5, 5.41) is 17.1. The zero-order valence-electron chi connectivity index (χ0n) is 17.5. The highest BCUT2D eigenvalue weighted by molar-refractivity contribution is 7.13. The number of amides is 1. The molecule has 7 nitrogen and oxygen atoms in total. The predicted octanol–water partition coefficient (Wildman–Crippen LogP) is 5.70. The number of nitrogens with zero attached hydrogens (tertiary/aromatic N) is 3. The fourth-order valence-electron chi connectivity index (χ4n) is 3.24. The number of hydrogen-bond donors (Lipinski definition) is 1. The van der Waals surface area contributed by atoms with Crippen LogP contribution >= 0.6 is 11.3 Å².